The van der Waals surface area contributed by atoms with Crippen molar-refractivity contribution in [3.05, 3.63) is 26.7 Å². The highest BCUT2D eigenvalue weighted by molar-refractivity contribution is 9.10. The van der Waals surface area contributed by atoms with Gasteiger partial charge in [-0.25, -0.2) is 9.78 Å². The first-order valence-electron chi connectivity index (χ1n) is 4.98. The van der Waals surface area contributed by atoms with E-state index in [4.69, 9.17) is 9.52 Å². The molecule has 0 aromatic carbocycles. The summed E-state index contributed by atoms with van der Waals surface area (Å²) in [6, 6.07) is 3.42. The summed E-state index contributed by atoms with van der Waals surface area (Å²) < 4.78 is 5.91. The first-order chi connectivity index (χ1) is 7.99. The van der Waals surface area contributed by atoms with Crippen LogP contribution in [0.15, 0.2) is 21.2 Å². The molecule has 0 fully saturated rings. The average molecular weight is 316 g/mol. The highest BCUT2D eigenvalue weighted by atomic mass is 79.9. The Morgan fingerprint density at radius 1 is 1.53 bits per heavy atom. The summed E-state index contributed by atoms with van der Waals surface area (Å²) in [7, 11) is 0. The molecule has 2 rings (SSSR count). The molecule has 0 aliphatic carbocycles. The molecule has 0 radical (unpaired) electrons. The van der Waals surface area contributed by atoms with Crippen LogP contribution in [0.3, 0.4) is 0 Å². The second-order valence-electron chi connectivity index (χ2n) is 3.79. The number of aromatic nitrogens is 1. The van der Waals surface area contributed by atoms with Gasteiger partial charge in [0, 0.05) is 5.92 Å². The number of thiazole rings is 1. The molecule has 17 heavy (non-hydrogen) atoms. The average Bonchev–Trinajstić information content (AvgIpc) is 2.82. The molecule has 2 aromatic heterocycles. The molecule has 0 amide bonds. The van der Waals surface area contributed by atoms with Crippen LogP contribution < -0.4 is 0 Å². The quantitative estimate of drug-likeness (QED) is 0.930. The van der Waals surface area contributed by atoms with Crippen molar-refractivity contribution in [3.8, 4) is 11.5 Å². The van der Waals surface area contributed by atoms with Gasteiger partial charge in [-0.15, -0.1) is 11.3 Å². The van der Waals surface area contributed by atoms with E-state index in [1.807, 2.05) is 13.8 Å². The molecule has 0 spiro atoms. The largest absolute Gasteiger partial charge is 0.477 e. The molecule has 6 heteroatoms. The molecule has 0 saturated carbocycles. The molecule has 2 heterocycles. The van der Waals surface area contributed by atoms with Gasteiger partial charge in [0.05, 0.1) is 5.01 Å². The number of carbonyl (C=O) groups is 1. The third-order valence-electron chi connectivity index (χ3n) is 2.14. The summed E-state index contributed by atoms with van der Waals surface area (Å²) >= 11 is 4.38. The maximum Gasteiger partial charge on any atom is 0.348 e. The molecule has 0 bridgehead atoms. The van der Waals surface area contributed by atoms with Gasteiger partial charge in [0.25, 0.3) is 0 Å². The molecule has 0 atom stereocenters. The molecule has 0 aliphatic heterocycles. The molecule has 2 aromatic rings. The maximum atomic E-state index is 11.2. The number of rotatable bonds is 3. The van der Waals surface area contributed by atoms with Crippen LogP contribution in [0.25, 0.3) is 11.5 Å². The van der Waals surface area contributed by atoms with E-state index in [1.165, 1.54) is 11.3 Å². The van der Waals surface area contributed by atoms with Crippen molar-refractivity contribution in [2.24, 2.45) is 0 Å². The number of carboxylic acid groups (broad SMARTS) is 1. The van der Waals surface area contributed by atoms with Crippen molar-refractivity contribution in [3.63, 3.8) is 0 Å². The van der Waals surface area contributed by atoms with E-state index in [2.05, 4.69) is 20.9 Å². The molecule has 0 unspecified atom stereocenters. The van der Waals surface area contributed by atoms with E-state index >= 15 is 0 Å². The van der Waals surface area contributed by atoms with E-state index in [0.29, 0.717) is 16.1 Å². The second kappa shape index (κ2) is 4.62. The topological polar surface area (TPSA) is 63.3 Å². The number of nitrogens with zero attached hydrogens (tertiary/aromatic N) is 1. The van der Waals surface area contributed by atoms with Crippen molar-refractivity contribution in [2.45, 2.75) is 19.8 Å². The van der Waals surface area contributed by atoms with Gasteiger partial charge in [-0.1, -0.05) is 13.8 Å². The van der Waals surface area contributed by atoms with Crippen LogP contribution in [-0.4, -0.2) is 16.1 Å². The van der Waals surface area contributed by atoms with Crippen molar-refractivity contribution < 1.29 is 14.3 Å². The summed E-state index contributed by atoms with van der Waals surface area (Å²) in [5.74, 6) is -0.306. The zero-order valence-corrected chi connectivity index (χ0v) is 11.6. The maximum absolute atomic E-state index is 11.2. The number of hydrogen-bond donors (Lipinski definition) is 1. The SMILES string of the molecule is CC(C)c1nc(-c2ccc(Br)o2)c(C(=O)O)s1. The smallest absolute Gasteiger partial charge is 0.348 e. The van der Waals surface area contributed by atoms with E-state index in [0.717, 1.165) is 5.01 Å². The minimum Gasteiger partial charge on any atom is -0.477 e. The minimum absolute atomic E-state index is 0.199. The highest BCUT2D eigenvalue weighted by Crippen LogP contribution is 2.33. The van der Waals surface area contributed by atoms with Gasteiger partial charge in [0.2, 0.25) is 0 Å². The van der Waals surface area contributed by atoms with Crippen LogP contribution in [0.4, 0.5) is 0 Å². The normalized spacial score (nSPS) is 11.1. The Bertz CT molecular complexity index is 559. The summed E-state index contributed by atoms with van der Waals surface area (Å²) in [4.78, 5) is 15.7. The standard InChI is InChI=1S/C11H10BrNO3S/c1-5(2)10-13-8(9(17-10)11(14)15)6-3-4-7(12)16-6/h3-5H,1-2H3,(H,14,15). The fourth-order valence-electron chi connectivity index (χ4n) is 1.34. The second-order valence-corrected chi connectivity index (χ2v) is 5.61. The van der Waals surface area contributed by atoms with Crippen LogP contribution in [-0.2, 0) is 0 Å². The van der Waals surface area contributed by atoms with Crippen LogP contribution in [0.5, 0.6) is 0 Å². The molecular weight excluding hydrogens is 306 g/mol. The van der Waals surface area contributed by atoms with Crippen molar-refractivity contribution in [2.75, 3.05) is 0 Å². The van der Waals surface area contributed by atoms with E-state index in [-0.39, 0.29) is 10.8 Å². The van der Waals surface area contributed by atoms with Crippen molar-refractivity contribution in [1.29, 1.82) is 0 Å². The lowest BCUT2D eigenvalue weighted by molar-refractivity contribution is 0.0702. The summed E-state index contributed by atoms with van der Waals surface area (Å²) in [6.07, 6.45) is 0. The lowest BCUT2D eigenvalue weighted by Gasteiger charge is -1.95. The van der Waals surface area contributed by atoms with Gasteiger partial charge >= 0.3 is 5.97 Å². The predicted octanol–water partition coefficient (Wildman–Crippen LogP) is 3.99. The molecule has 0 saturated heterocycles. The third kappa shape index (κ3) is 2.42. The monoisotopic (exact) mass is 315 g/mol. The number of hydrogen-bond acceptors (Lipinski definition) is 4. The first kappa shape index (κ1) is 12.3. The lowest BCUT2D eigenvalue weighted by Crippen LogP contribution is -1.94. The Hall–Kier alpha value is -1.14. The minimum atomic E-state index is -0.975. The Kier molecular flexibility index (Phi) is 3.35. The van der Waals surface area contributed by atoms with Crippen LogP contribution in [0, 0.1) is 0 Å². The zero-order valence-electron chi connectivity index (χ0n) is 9.23. The van der Waals surface area contributed by atoms with Gasteiger partial charge in [-0.2, -0.15) is 0 Å². The van der Waals surface area contributed by atoms with Crippen LogP contribution >= 0.6 is 27.3 Å². The Morgan fingerprint density at radius 3 is 2.71 bits per heavy atom. The Morgan fingerprint density at radius 2 is 2.24 bits per heavy atom. The van der Waals surface area contributed by atoms with E-state index in [9.17, 15) is 4.79 Å². The van der Waals surface area contributed by atoms with Crippen molar-refractivity contribution in [1.82, 2.24) is 4.98 Å². The van der Waals surface area contributed by atoms with E-state index < -0.39 is 5.97 Å². The van der Waals surface area contributed by atoms with Gasteiger partial charge < -0.3 is 9.52 Å². The van der Waals surface area contributed by atoms with E-state index in [1.54, 1.807) is 12.1 Å². The van der Waals surface area contributed by atoms with Gasteiger partial charge in [0.1, 0.15) is 10.6 Å². The third-order valence-corrected chi connectivity index (χ3v) is 3.91. The molecule has 1 N–H and O–H groups in total. The lowest BCUT2D eigenvalue weighted by atomic mass is 10.2. The molecule has 0 aliphatic rings. The number of halogens is 1. The van der Waals surface area contributed by atoms with Crippen LogP contribution in [0.1, 0.15) is 34.4 Å². The zero-order chi connectivity index (χ0) is 12.6. The number of furan rings is 1. The predicted molar refractivity (Wildman–Crippen MR) is 68.6 cm³/mol. The van der Waals surface area contributed by atoms with Crippen LogP contribution in [0.2, 0.25) is 0 Å². The fourth-order valence-corrected chi connectivity index (χ4v) is 2.56. The fraction of sp³-hybridized carbons (Fsp3) is 0.273. The summed E-state index contributed by atoms with van der Waals surface area (Å²) in [5.41, 5.74) is 0.400. The first-order valence-corrected chi connectivity index (χ1v) is 6.59. The Labute approximate surface area is 110 Å². The molecule has 90 valence electrons. The highest BCUT2D eigenvalue weighted by Gasteiger charge is 2.22. The molecular formula is C11H10BrNO3S. The Balaban J connectivity index is 2.55. The number of aromatic carboxylic acids is 1. The van der Waals surface area contributed by atoms with Gasteiger partial charge in [0.15, 0.2) is 10.4 Å². The molecule has 4 nitrogen and oxygen atoms in total. The van der Waals surface area contributed by atoms with Crippen molar-refractivity contribution >= 4 is 33.2 Å². The van der Waals surface area contributed by atoms with Gasteiger partial charge in [-0.3, -0.25) is 0 Å². The van der Waals surface area contributed by atoms with Gasteiger partial charge in [-0.05, 0) is 28.1 Å². The summed E-state index contributed by atoms with van der Waals surface area (Å²) in [6.45, 7) is 3.96. The number of carboxylic acids is 1. The summed E-state index contributed by atoms with van der Waals surface area (Å²) in [5, 5.41) is 9.94.